The zero-order valence-corrected chi connectivity index (χ0v) is 17.8. The van der Waals surface area contributed by atoms with Gasteiger partial charge < -0.3 is 11.5 Å². The molecule has 4 aromatic heterocycles. The van der Waals surface area contributed by atoms with Crippen LogP contribution in [0.1, 0.15) is 12.8 Å². The molecular weight excluding hydrogens is 447 g/mol. The van der Waals surface area contributed by atoms with Crippen LogP contribution in [0, 0.1) is 5.82 Å². The monoisotopic (exact) mass is 467 g/mol. The molecule has 0 saturated carbocycles. The van der Waals surface area contributed by atoms with E-state index in [2.05, 4.69) is 20.2 Å². The van der Waals surface area contributed by atoms with Gasteiger partial charge in [-0.05, 0) is 18.6 Å². The van der Waals surface area contributed by atoms with Crippen molar-refractivity contribution in [1.29, 1.82) is 0 Å². The first-order valence-corrected chi connectivity index (χ1v) is 11.0. The molecule has 0 amide bonds. The van der Waals surface area contributed by atoms with Crippen LogP contribution in [0.25, 0.3) is 22.4 Å². The molecule has 0 radical (unpaired) electrons. The Balaban J connectivity index is 0.000000189. The molecule has 4 N–H and O–H groups in total. The van der Waals surface area contributed by atoms with Crippen LogP contribution >= 0.6 is 0 Å². The molecule has 32 heavy (non-hydrogen) atoms. The smallest absolute Gasteiger partial charge is 0.261 e. The average molecular weight is 467 g/mol. The van der Waals surface area contributed by atoms with E-state index in [4.69, 9.17) is 11.5 Å². The highest BCUT2D eigenvalue weighted by molar-refractivity contribution is 7.81. The summed E-state index contributed by atoms with van der Waals surface area (Å²) in [5.74, 6) is -3.08. The van der Waals surface area contributed by atoms with Crippen molar-refractivity contribution in [1.82, 2.24) is 33.5 Å². The van der Waals surface area contributed by atoms with E-state index in [0.29, 0.717) is 29.8 Å². The van der Waals surface area contributed by atoms with Crippen LogP contribution in [0.3, 0.4) is 0 Å². The highest BCUT2D eigenvalue weighted by Crippen LogP contribution is 2.30. The minimum Gasteiger partial charge on any atom is -0.382 e. The first kappa shape index (κ1) is 22.0. The van der Waals surface area contributed by atoms with Crippen molar-refractivity contribution in [3.05, 3.63) is 36.5 Å². The maximum Gasteiger partial charge on any atom is 0.261 e. The SMILES string of the molecule is CS(=O)N1CCCC(F)(F)C1.Nc1nc(N)c2c(-c3ccc4nccn4n3)c(F)cn2n1. The van der Waals surface area contributed by atoms with Crippen LogP contribution in [0.2, 0.25) is 0 Å². The molecule has 1 aliphatic heterocycles. The minimum absolute atomic E-state index is 0.0282. The first-order valence-electron chi connectivity index (χ1n) is 9.51. The maximum atomic E-state index is 14.3. The third-order valence-electron chi connectivity index (χ3n) is 4.86. The summed E-state index contributed by atoms with van der Waals surface area (Å²) in [6.07, 6.45) is 6.28. The van der Waals surface area contributed by atoms with E-state index in [1.807, 2.05) is 0 Å². The third kappa shape index (κ3) is 4.36. The van der Waals surface area contributed by atoms with Gasteiger partial charge in [-0.15, -0.1) is 5.10 Å². The number of rotatable bonds is 2. The fourth-order valence-electron chi connectivity index (χ4n) is 3.44. The highest BCUT2D eigenvalue weighted by Gasteiger charge is 2.36. The zero-order chi connectivity index (χ0) is 23.0. The summed E-state index contributed by atoms with van der Waals surface area (Å²) in [6, 6.07) is 3.40. The van der Waals surface area contributed by atoms with E-state index in [9.17, 15) is 17.4 Å². The van der Waals surface area contributed by atoms with Gasteiger partial charge in [0.25, 0.3) is 5.92 Å². The van der Waals surface area contributed by atoms with Crippen LogP contribution in [-0.4, -0.2) is 63.0 Å². The lowest BCUT2D eigenvalue weighted by Gasteiger charge is -2.30. The Labute approximate surface area is 182 Å². The molecule has 0 aromatic carbocycles. The standard InChI is InChI=1S/C12H9FN8.C6H11F2NOS/c13-6-5-21-10(11(14)17-12(15)19-21)9(6)7-1-2-8-16-3-4-20(8)18-7;1-11(10)9-4-2-3-6(7,8)5-9/h1-5H,(H4,14,15,17,19);2-5H2,1H3. The number of imidazole rings is 1. The average Bonchev–Trinajstić information content (AvgIpc) is 3.30. The molecule has 0 aliphatic carbocycles. The number of fused-ring (bicyclic) bond motifs is 2. The van der Waals surface area contributed by atoms with E-state index < -0.39 is 22.7 Å². The van der Waals surface area contributed by atoms with Crippen LogP contribution in [0.4, 0.5) is 24.9 Å². The molecule has 1 unspecified atom stereocenters. The third-order valence-corrected chi connectivity index (χ3v) is 5.90. The first-order chi connectivity index (χ1) is 15.1. The normalized spacial score (nSPS) is 17.2. The largest absolute Gasteiger partial charge is 0.382 e. The van der Waals surface area contributed by atoms with Crippen molar-refractivity contribution >= 4 is 33.9 Å². The van der Waals surface area contributed by atoms with Crippen LogP contribution < -0.4 is 11.5 Å². The summed E-state index contributed by atoms with van der Waals surface area (Å²) in [5, 5.41) is 8.22. The fraction of sp³-hybridized carbons (Fsp3) is 0.333. The number of nitrogens with zero attached hydrogens (tertiary/aromatic N) is 7. The minimum atomic E-state index is -2.64. The number of nitrogens with two attached hydrogens (primary N) is 2. The molecule has 1 atom stereocenters. The van der Waals surface area contributed by atoms with Gasteiger partial charge in [-0.25, -0.2) is 35.7 Å². The lowest BCUT2D eigenvalue weighted by atomic mass is 10.1. The van der Waals surface area contributed by atoms with E-state index >= 15 is 0 Å². The van der Waals surface area contributed by atoms with E-state index in [0.717, 1.165) is 0 Å². The predicted octanol–water partition coefficient (Wildman–Crippen LogP) is 1.75. The molecule has 0 spiro atoms. The van der Waals surface area contributed by atoms with Gasteiger partial charge in [-0.3, -0.25) is 0 Å². The Kier molecular flexibility index (Phi) is 5.73. The molecule has 1 aliphatic rings. The predicted molar refractivity (Wildman–Crippen MR) is 114 cm³/mol. The number of piperidine rings is 1. The van der Waals surface area contributed by atoms with Crippen molar-refractivity contribution in [2.45, 2.75) is 18.8 Å². The number of anilines is 2. The number of hydrogen-bond acceptors (Lipinski definition) is 7. The Morgan fingerprint density at radius 3 is 2.66 bits per heavy atom. The number of hydrogen-bond donors (Lipinski definition) is 2. The van der Waals surface area contributed by atoms with Crippen LogP contribution in [0.15, 0.2) is 30.7 Å². The van der Waals surface area contributed by atoms with E-state index in [1.54, 1.807) is 29.0 Å². The topological polar surface area (TPSA) is 133 Å². The van der Waals surface area contributed by atoms with Gasteiger partial charge in [0, 0.05) is 31.6 Å². The quantitative estimate of drug-likeness (QED) is 0.459. The van der Waals surface area contributed by atoms with Gasteiger partial charge in [0.1, 0.15) is 5.52 Å². The molecule has 0 bridgehead atoms. The molecule has 14 heteroatoms. The van der Waals surface area contributed by atoms with Gasteiger partial charge in [-0.1, -0.05) is 0 Å². The molecule has 170 valence electrons. The van der Waals surface area contributed by atoms with Crippen molar-refractivity contribution in [3.63, 3.8) is 0 Å². The molecule has 1 fully saturated rings. The van der Waals surface area contributed by atoms with Gasteiger partial charge in [0.05, 0.1) is 35.0 Å². The van der Waals surface area contributed by atoms with E-state index in [1.165, 1.54) is 21.3 Å². The molecule has 1 saturated heterocycles. The second-order valence-electron chi connectivity index (χ2n) is 7.20. The lowest BCUT2D eigenvalue weighted by Crippen LogP contribution is -2.42. The van der Waals surface area contributed by atoms with Crippen LogP contribution in [0.5, 0.6) is 0 Å². The van der Waals surface area contributed by atoms with Gasteiger partial charge in [0.2, 0.25) is 5.95 Å². The number of halogens is 3. The second kappa shape index (κ2) is 8.35. The summed E-state index contributed by atoms with van der Waals surface area (Å²) in [6.45, 7) is 0.175. The fourth-order valence-corrected chi connectivity index (χ4v) is 4.20. The summed E-state index contributed by atoms with van der Waals surface area (Å²) in [5.41, 5.74) is 13.0. The zero-order valence-electron chi connectivity index (χ0n) is 17.0. The summed E-state index contributed by atoms with van der Waals surface area (Å²) in [7, 11) is -1.25. The van der Waals surface area contributed by atoms with Gasteiger partial charge in [0.15, 0.2) is 17.3 Å². The van der Waals surface area contributed by atoms with Crippen molar-refractivity contribution in [3.8, 4) is 11.3 Å². The summed E-state index contributed by atoms with van der Waals surface area (Å²) < 4.78 is 54.5. The number of alkyl halides is 2. The Hall–Kier alpha value is -3.26. The Morgan fingerprint density at radius 1 is 1.19 bits per heavy atom. The molecular formula is C18H20F3N9OS. The number of nitrogen functional groups attached to an aromatic ring is 2. The molecule has 5 rings (SSSR count). The Bertz CT molecular complexity index is 1310. The van der Waals surface area contributed by atoms with Gasteiger partial charge >= 0.3 is 0 Å². The van der Waals surface area contributed by atoms with Crippen molar-refractivity contribution in [2.24, 2.45) is 0 Å². The lowest BCUT2D eigenvalue weighted by molar-refractivity contribution is -0.0421. The van der Waals surface area contributed by atoms with Crippen LogP contribution in [-0.2, 0) is 11.0 Å². The highest BCUT2D eigenvalue weighted by atomic mass is 32.2. The van der Waals surface area contributed by atoms with Crippen molar-refractivity contribution < 1.29 is 17.4 Å². The van der Waals surface area contributed by atoms with Crippen molar-refractivity contribution in [2.75, 3.05) is 30.8 Å². The van der Waals surface area contributed by atoms with Gasteiger partial charge in [-0.2, -0.15) is 10.1 Å². The Morgan fingerprint density at radius 2 is 1.97 bits per heavy atom. The molecule has 4 aromatic rings. The number of aromatic nitrogens is 6. The second-order valence-corrected chi connectivity index (χ2v) is 8.56. The summed E-state index contributed by atoms with van der Waals surface area (Å²) in [4.78, 5) is 7.95. The van der Waals surface area contributed by atoms with E-state index in [-0.39, 0.29) is 30.3 Å². The molecule has 5 heterocycles. The maximum absolute atomic E-state index is 14.3. The summed E-state index contributed by atoms with van der Waals surface area (Å²) >= 11 is 0. The molecule has 10 nitrogen and oxygen atoms in total.